The van der Waals surface area contributed by atoms with E-state index in [-0.39, 0.29) is 6.17 Å². The first-order valence-corrected chi connectivity index (χ1v) is 3.62. The first kappa shape index (κ1) is 7.94. The molecule has 0 spiro atoms. The lowest BCUT2D eigenvalue weighted by molar-refractivity contribution is -0.0295. The van der Waals surface area contributed by atoms with Crippen LogP contribution in [0.25, 0.3) is 0 Å². The molecule has 0 amide bonds. The van der Waals surface area contributed by atoms with E-state index in [0.717, 1.165) is 19.6 Å². The van der Waals surface area contributed by atoms with Gasteiger partial charge in [-0.1, -0.05) is 0 Å². The van der Waals surface area contributed by atoms with Crippen molar-refractivity contribution in [2.24, 2.45) is 5.73 Å². The van der Waals surface area contributed by atoms with Crippen LogP contribution in [0.4, 0.5) is 0 Å². The van der Waals surface area contributed by atoms with Crippen molar-refractivity contribution in [2.45, 2.75) is 6.17 Å². The Kier molecular flexibility index (Phi) is 2.62. The Balaban J connectivity index is 2.40. The van der Waals surface area contributed by atoms with E-state index in [4.69, 9.17) is 5.73 Å². The van der Waals surface area contributed by atoms with Crippen molar-refractivity contribution < 1.29 is 0 Å². The number of nitrogens with one attached hydrogen (secondary N) is 1. The Hall–Kier alpha value is -0.160. The lowest BCUT2D eigenvalue weighted by Crippen LogP contribution is -2.59. The molecule has 4 heteroatoms. The monoisotopic (exact) mass is 144 g/mol. The Morgan fingerprint density at radius 3 is 2.70 bits per heavy atom. The molecule has 0 bridgehead atoms. The fourth-order valence-corrected chi connectivity index (χ4v) is 1.21. The fraction of sp³-hybridized carbons (Fsp3) is 1.00. The summed E-state index contributed by atoms with van der Waals surface area (Å²) in [5, 5.41) is 7.42. The molecule has 1 atom stereocenters. The quantitative estimate of drug-likeness (QED) is 0.478. The van der Waals surface area contributed by atoms with Gasteiger partial charge in [-0.25, -0.2) is 10.0 Å². The van der Waals surface area contributed by atoms with Crippen molar-refractivity contribution in [3.63, 3.8) is 0 Å². The first-order chi connectivity index (χ1) is 4.72. The molecule has 0 saturated carbocycles. The average molecular weight is 144 g/mol. The zero-order valence-electron chi connectivity index (χ0n) is 6.67. The molecule has 1 saturated heterocycles. The molecule has 0 aliphatic carbocycles. The van der Waals surface area contributed by atoms with Gasteiger partial charge in [0.2, 0.25) is 0 Å². The van der Waals surface area contributed by atoms with E-state index in [1.807, 2.05) is 19.1 Å². The van der Waals surface area contributed by atoms with Crippen LogP contribution in [0.1, 0.15) is 0 Å². The van der Waals surface area contributed by atoms with E-state index >= 15 is 0 Å². The Morgan fingerprint density at radius 1 is 1.60 bits per heavy atom. The van der Waals surface area contributed by atoms with Gasteiger partial charge in [0.15, 0.2) is 0 Å². The Bertz CT molecular complexity index is 104. The summed E-state index contributed by atoms with van der Waals surface area (Å²) in [5.74, 6) is 0. The van der Waals surface area contributed by atoms with Gasteiger partial charge in [-0.05, 0) is 0 Å². The number of nitrogens with two attached hydrogens (primary N) is 1. The van der Waals surface area contributed by atoms with Crippen LogP contribution in [0.5, 0.6) is 0 Å². The first-order valence-electron chi connectivity index (χ1n) is 3.62. The zero-order chi connectivity index (χ0) is 7.56. The second-order valence-electron chi connectivity index (χ2n) is 2.78. The average Bonchev–Trinajstić information content (AvgIpc) is 1.88. The molecule has 0 aromatic heterocycles. The van der Waals surface area contributed by atoms with Gasteiger partial charge in [-0.3, -0.25) is 0 Å². The molecule has 3 N–H and O–H groups in total. The highest BCUT2D eigenvalue weighted by Gasteiger charge is 2.18. The van der Waals surface area contributed by atoms with E-state index in [9.17, 15) is 0 Å². The Labute approximate surface area is 61.9 Å². The number of nitrogens with zero attached hydrogens (tertiary/aromatic N) is 2. The lowest BCUT2D eigenvalue weighted by atomic mass is 10.3. The van der Waals surface area contributed by atoms with Crippen molar-refractivity contribution in [3.8, 4) is 0 Å². The fourth-order valence-electron chi connectivity index (χ4n) is 1.21. The third-order valence-corrected chi connectivity index (χ3v) is 1.77. The molecule has 1 unspecified atom stereocenters. The van der Waals surface area contributed by atoms with Crippen LogP contribution in [-0.2, 0) is 0 Å². The minimum absolute atomic E-state index is 0.142. The van der Waals surface area contributed by atoms with E-state index in [0.29, 0.717) is 0 Å². The van der Waals surface area contributed by atoms with Gasteiger partial charge >= 0.3 is 0 Å². The molecule has 60 valence electrons. The highest BCUT2D eigenvalue weighted by atomic mass is 15.6. The SMILES string of the molecule is CN(C)N1CCNCC1N. The number of piperazine rings is 1. The molecule has 1 fully saturated rings. The summed E-state index contributed by atoms with van der Waals surface area (Å²) in [7, 11) is 4.04. The highest BCUT2D eigenvalue weighted by Crippen LogP contribution is 1.97. The molecule has 4 nitrogen and oxygen atoms in total. The number of hydrogen-bond acceptors (Lipinski definition) is 4. The predicted molar refractivity (Wildman–Crippen MR) is 41.2 cm³/mol. The summed E-state index contributed by atoms with van der Waals surface area (Å²) in [6.07, 6.45) is 0.142. The van der Waals surface area contributed by atoms with Crippen LogP contribution in [0.3, 0.4) is 0 Å². The van der Waals surface area contributed by atoms with Crippen LogP contribution in [0, 0.1) is 0 Å². The third-order valence-electron chi connectivity index (χ3n) is 1.77. The van der Waals surface area contributed by atoms with E-state index < -0.39 is 0 Å². The minimum atomic E-state index is 0.142. The van der Waals surface area contributed by atoms with Crippen LogP contribution in [0.2, 0.25) is 0 Å². The zero-order valence-corrected chi connectivity index (χ0v) is 6.67. The van der Waals surface area contributed by atoms with Crippen molar-refractivity contribution >= 4 is 0 Å². The van der Waals surface area contributed by atoms with Gasteiger partial charge in [-0.15, -0.1) is 0 Å². The second kappa shape index (κ2) is 3.30. The predicted octanol–water partition coefficient (Wildman–Crippen LogP) is -1.35. The third kappa shape index (κ3) is 1.67. The van der Waals surface area contributed by atoms with Gasteiger partial charge in [0, 0.05) is 33.7 Å². The summed E-state index contributed by atoms with van der Waals surface area (Å²) in [5.41, 5.74) is 5.80. The van der Waals surface area contributed by atoms with Gasteiger partial charge < -0.3 is 11.1 Å². The molecule has 10 heavy (non-hydrogen) atoms. The van der Waals surface area contributed by atoms with Gasteiger partial charge in [0.25, 0.3) is 0 Å². The van der Waals surface area contributed by atoms with Gasteiger partial charge in [0.05, 0.1) is 6.17 Å². The van der Waals surface area contributed by atoms with E-state index in [1.54, 1.807) is 0 Å². The van der Waals surface area contributed by atoms with Crippen LogP contribution < -0.4 is 11.1 Å². The maximum atomic E-state index is 5.80. The summed E-state index contributed by atoms with van der Waals surface area (Å²) < 4.78 is 0. The number of hydrogen-bond donors (Lipinski definition) is 2. The standard InChI is InChI=1S/C6H16N4/c1-9(2)10-4-3-8-5-6(10)7/h6,8H,3-5,7H2,1-2H3. The maximum Gasteiger partial charge on any atom is 0.0836 e. The van der Waals surface area contributed by atoms with Crippen molar-refractivity contribution in [3.05, 3.63) is 0 Å². The summed E-state index contributed by atoms with van der Waals surface area (Å²) in [6.45, 7) is 2.93. The molecule has 1 aliphatic heterocycles. The number of hydrazine groups is 1. The molecule has 0 aromatic carbocycles. The van der Waals surface area contributed by atoms with Crippen molar-refractivity contribution in [1.82, 2.24) is 15.3 Å². The van der Waals surface area contributed by atoms with Crippen molar-refractivity contribution in [2.75, 3.05) is 33.7 Å². The maximum absolute atomic E-state index is 5.80. The summed E-state index contributed by atoms with van der Waals surface area (Å²) in [4.78, 5) is 0. The van der Waals surface area contributed by atoms with Crippen LogP contribution in [0.15, 0.2) is 0 Å². The largest absolute Gasteiger partial charge is 0.314 e. The summed E-state index contributed by atoms with van der Waals surface area (Å²) in [6, 6.07) is 0. The molecular weight excluding hydrogens is 128 g/mol. The molecular formula is C6H16N4. The Morgan fingerprint density at radius 2 is 2.30 bits per heavy atom. The second-order valence-corrected chi connectivity index (χ2v) is 2.78. The molecule has 1 aliphatic rings. The van der Waals surface area contributed by atoms with Crippen LogP contribution >= 0.6 is 0 Å². The van der Waals surface area contributed by atoms with Gasteiger partial charge in [-0.2, -0.15) is 0 Å². The molecule has 0 radical (unpaired) electrons. The number of rotatable bonds is 1. The highest BCUT2D eigenvalue weighted by molar-refractivity contribution is 4.71. The smallest absolute Gasteiger partial charge is 0.0836 e. The summed E-state index contributed by atoms with van der Waals surface area (Å²) >= 11 is 0. The molecule has 1 heterocycles. The lowest BCUT2D eigenvalue weighted by Gasteiger charge is -2.37. The molecule has 0 aromatic rings. The topological polar surface area (TPSA) is 44.5 Å². The molecule has 1 rings (SSSR count). The van der Waals surface area contributed by atoms with Crippen LogP contribution in [-0.4, -0.2) is 49.9 Å². The van der Waals surface area contributed by atoms with E-state index in [1.165, 1.54) is 0 Å². The normalized spacial score (nSPS) is 29.4. The van der Waals surface area contributed by atoms with Crippen molar-refractivity contribution in [1.29, 1.82) is 0 Å². The van der Waals surface area contributed by atoms with E-state index in [2.05, 4.69) is 10.3 Å². The minimum Gasteiger partial charge on any atom is -0.314 e. The van der Waals surface area contributed by atoms with Gasteiger partial charge in [0.1, 0.15) is 0 Å².